The summed E-state index contributed by atoms with van der Waals surface area (Å²) in [5, 5.41) is 12.7. The number of alkyl halides is 3. The lowest BCUT2D eigenvalue weighted by atomic mass is 9.95. The van der Waals surface area contributed by atoms with Crippen LogP contribution < -0.4 is 5.43 Å². The zero-order chi connectivity index (χ0) is 19.3. The van der Waals surface area contributed by atoms with Crippen LogP contribution in [0.5, 0.6) is 0 Å². The summed E-state index contributed by atoms with van der Waals surface area (Å²) in [6, 6.07) is 6.07. The van der Waals surface area contributed by atoms with Gasteiger partial charge in [-0.3, -0.25) is 20.3 Å². The van der Waals surface area contributed by atoms with Gasteiger partial charge in [0.25, 0.3) is 5.69 Å². The molecule has 1 saturated heterocycles. The molecule has 1 aliphatic heterocycles. The molecule has 1 N–H and O–H groups in total. The molecule has 2 aromatic carbocycles. The maximum absolute atomic E-state index is 13.9. The van der Waals surface area contributed by atoms with Gasteiger partial charge in [-0.05, 0) is 30.9 Å². The smallest absolute Gasteiger partial charge is 0.287 e. The Morgan fingerprint density at radius 3 is 2.50 bits per heavy atom. The number of non-ortho nitro benzene ring substituents is 1. The van der Waals surface area contributed by atoms with E-state index in [4.69, 9.17) is 0 Å². The van der Waals surface area contributed by atoms with E-state index in [0.717, 1.165) is 5.01 Å². The van der Waals surface area contributed by atoms with Gasteiger partial charge in [0.2, 0.25) is 5.91 Å². The third kappa shape index (κ3) is 3.10. The van der Waals surface area contributed by atoms with E-state index < -0.39 is 28.6 Å². The average Bonchev–Trinajstić information content (AvgIpc) is 2.77. The molecule has 2 aromatic rings. The van der Waals surface area contributed by atoms with Crippen LogP contribution in [0.25, 0.3) is 10.8 Å². The van der Waals surface area contributed by atoms with Crippen LogP contribution in [-0.4, -0.2) is 27.6 Å². The highest BCUT2D eigenvalue weighted by Crippen LogP contribution is 2.43. The van der Waals surface area contributed by atoms with Crippen molar-refractivity contribution in [3.63, 3.8) is 0 Å². The van der Waals surface area contributed by atoms with E-state index >= 15 is 0 Å². The highest BCUT2D eigenvalue weighted by atomic mass is 19.4. The lowest BCUT2D eigenvalue weighted by molar-refractivity contribution is -0.383. The molecule has 0 aliphatic carbocycles. The minimum Gasteiger partial charge on any atom is -0.287 e. The number of hydrogen-bond donors (Lipinski definition) is 1. The summed E-state index contributed by atoms with van der Waals surface area (Å²) in [6.07, 6.45) is -4.76. The molecule has 0 bridgehead atoms. The van der Waals surface area contributed by atoms with Gasteiger partial charge in [0.1, 0.15) is 0 Å². The van der Waals surface area contributed by atoms with Crippen LogP contribution in [-0.2, 0) is 4.79 Å². The standard InChI is InChI=1S/C17H16F3N3O3/c1-16(2)9-14(24)21-22(16)15(17(18,19)20)11-7-6-10-4-3-5-13(23(25)26)12(10)8-11/h3-8,15H,9H2,1-2H3,(H,21,24)/t15-/m0/s1. The SMILES string of the molecule is CC1(C)CC(=O)NN1[C@@H](c1ccc2cccc([N+](=O)[O-])c2c1)C(F)(F)F. The number of fused-ring (bicyclic) bond motifs is 1. The van der Waals surface area contributed by atoms with Gasteiger partial charge in [0, 0.05) is 18.0 Å². The van der Waals surface area contributed by atoms with Crippen LogP contribution in [0.15, 0.2) is 36.4 Å². The van der Waals surface area contributed by atoms with E-state index in [9.17, 15) is 28.1 Å². The van der Waals surface area contributed by atoms with Crippen LogP contribution in [0.2, 0.25) is 0 Å². The molecule has 0 radical (unpaired) electrons. The number of nitrogens with zero attached hydrogens (tertiary/aromatic N) is 2. The molecule has 0 aromatic heterocycles. The Labute approximate surface area is 146 Å². The molecular formula is C17H16F3N3O3. The van der Waals surface area contributed by atoms with Crippen molar-refractivity contribution in [3.05, 3.63) is 52.1 Å². The van der Waals surface area contributed by atoms with E-state index in [0.29, 0.717) is 5.39 Å². The Morgan fingerprint density at radius 2 is 1.96 bits per heavy atom. The highest BCUT2D eigenvalue weighted by molar-refractivity contribution is 5.91. The van der Waals surface area contributed by atoms with E-state index in [1.54, 1.807) is 6.07 Å². The minimum absolute atomic E-state index is 0.0761. The molecular weight excluding hydrogens is 351 g/mol. The first-order chi connectivity index (χ1) is 12.0. The fourth-order valence-corrected chi connectivity index (χ4v) is 3.30. The number of amides is 1. The van der Waals surface area contributed by atoms with Crippen molar-refractivity contribution in [2.45, 2.75) is 38.0 Å². The van der Waals surface area contributed by atoms with Crippen molar-refractivity contribution in [1.82, 2.24) is 10.4 Å². The molecule has 1 atom stereocenters. The van der Waals surface area contributed by atoms with Crippen LogP contribution in [0, 0.1) is 10.1 Å². The number of hydrogen-bond acceptors (Lipinski definition) is 4. The molecule has 6 nitrogen and oxygen atoms in total. The van der Waals surface area contributed by atoms with Gasteiger partial charge in [-0.25, -0.2) is 0 Å². The van der Waals surface area contributed by atoms with Gasteiger partial charge < -0.3 is 0 Å². The monoisotopic (exact) mass is 367 g/mol. The summed E-state index contributed by atoms with van der Waals surface area (Å²) in [4.78, 5) is 22.3. The molecule has 0 unspecified atom stereocenters. The second-order valence-corrected chi connectivity index (χ2v) is 6.85. The first kappa shape index (κ1) is 18.1. The van der Waals surface area contributed by atoms with Crippen LogP contribution in [0.4, 0.5) is 18.9 Å². The first-order valence-electron chi connectivity index (χ1n) is 7.83. The van der Waals surface area contributed by atoms with E-state index in [2.05, 4.69) is 5.43 Å². The number of rotatable bonds is 3. The van der Waals surface area contributed by atoms with Crippen molar-refractivity contribution in [2.75, 3.05) is 0 Å². The summed E-state index contributed by atoms with van der Waals surface area (Å²) < 4.78 is 41.6. The zero-order valence-electron chi connectivity index (χ0n) is 14.0. The molecule has 9 heteroatoms. The fourth-order valence-electron chi connectivity index (χ4n) is 3.30. The maximum atomic E-state index is 13.9. The number of carbonyl (C=O) groups excluding carboxylic acids is 1. The Bertz CT molecular complexity index is 896. The van der Waals surface area contributed by atoms with Crippen LogP contribution >= 0.6 is 0 Å². The Balaban J connectivity index is 2.18. The summed E-state index contributed by atoms with van der Waals surface area (Å²) in [7, 11) is 0. The number of benzene rings is 2. The van der Waals surface area contributed by atoms with Crippen molar-refractivity contribution < 1.29 is 22.9 Å². The zero-order valence-corrected chi connectivity index (χ0v) is 14.0. The number of nitrogens with one attached hydrogen (secondary N) is 1. The average molecular weight is 367 g/mol. The molecule has 1 heterocycles. The summed E-state index contributed by atoms with van der Waals surface area (Å²) >= 11 is 0. The molecule has 26 heavy (non-hydrogen) atoms. The predicted octanol–water partition coefficient (Wildman–Crippen LogP) is 3.87. The van der Waals surface area contributed by atoms with Crippen LogP contribution in [0.3, 0.4) is 0 Å². The number of carbonyl (C=O) groups is 1. The third-order valence-corrected chi connectivity index (χ3v) is 4.45. The quantitative estimate of drug-likeness (QED) is 0.660. The van der Waals surface area contributed by atoms with Gasteiger partial charge in [0.15, 0.2) is 6.04 Å². The Hall–Kier alpha value is -2.68. The summed E-state index contributed by atoms with van der Waals surface area (Å²) in [6.45, 7) is 3.07. The summed E-state index contributed by atoms with van der Waals surface area (Å²) in [5.41, 5.74) is 0.774. The van der Waals surface area contributed by atoms with Crippen molar-refractivity contribution in [3.8, 4) is 0 Å². The molecule has 0 spiro atoms. The third-order valence-electron chi connectivity index (χ3n) is 4.45. The number of hydrazine groups is 1. The molecule has 1 fully saturated rings. The number of nitro benzene ring substituents is 1. The molecule has 1 amide bonds. The number of nitro groups is 1. The lowest BCUT2D eigenvalue weighted by Gasteiger charge is -2.38. The Morgan fingerprint density at radius 1 is 1.27 bits per heavy atom. The second-order valence-electron chi connectivity index (χ2n) is 6.85. The first-order valence-corrected chi connectivity index (χ1v) is 7.83. The molecule has 3 rings (SSSR count). The Kier molecular flexibility index (Phi) is 4.14. The van der Waals surface area contributed by atoms with E-state index in [-0.39, 0.29) is 23.1 Å². The van der Waals surface area contributed by atoms with Gasteiger partial charge in [-0.1, -0.05) is 24.3 Å². The molecule has 138 valence electrons. The van der Waals surface area contributed by atoms with E-state index in [1.807, 2.05) is 0 Å². The van der Waals surface area contributed by atoms with Crippen molar-refractivity contribution in [2.24, 2.45) is 0 Å². The molecule has 1 aliphatic rings. The lowest BCUT2D eigenvalue weighted by Crippen LogP contribution is -2.51. The van der Waals surface area contributed by atoms with Crippen LogP contribution in [0.1, 0.15) is 31.9 Å². The maximum Gasteiger partial charge on any atom is 0.409 e. The predicted molar refractivity (Wildman–Crippen MR) is 88.1 cm³/mol. The van der Waals surface area contributed by atoms with Gasteiger partial charge in [0.05, 0.1) is 10.3 Å². The topological polar surface area (TPSA) is 75.5 Å². The van der Waals surface area contributed by atoms with Gasteiger partial charge in [-0.2, -0.15) is 18.2 Å². The fraction of sp³-hybridized carbons (Fsp3) is 0.353. The van der Waals surface area contributed by atoms with Gasteiger partial charge >= 0.3 is 6.18 Å². The molecule has 0 saturated carbocycles. The normalized spacial score (nSPS) is 18.7. The largest absolute Gasteiger partial charge is 0.409 e. The second kappa shape index (κ2) is 5.94. The van der Waals surface area contributed by atoms with Crippen molar-refractivity contribution in [1.29, 1.82) is 0 Å². The van der Waals surface area contributed by atoms with E-state index in [1.165, 1.54) is 44.2 Å². The van der Waals surface area contributed by atoms with Gasteiger partial charge in [-0.15, -0.1) is 0 Å². The highest BCUT2D eigenvalue weighted by Gasteiger charge is 2.53. The van der Waals surface area contributed by atoms with Crippen molar-refractivity contribution >= 4 is 22.4 Å². The summed E-state index contributed by atoms with van der Waals surface area (Å²) in [5.74, 6) is -0.504. The number of halogens is 3. The minimum atomic E-state index is -4.69.